The lowest BCUT2D eigenvalue weighted by molar-refractivity contribution is 0.940. The highest BCUT2D eigenvalue weighted by molar-refractivity contribution is 6.09. The van der Waals surface area contributed by atoms with Crippen LogP contribution in [0.4, 0.5) is 0 Å². The molecule has 210 valence electrons. The average molecular weight is 557 g/mol. The first-order chi connectivity index (χ1) is 21.2. The van der Waals surface area contributed by atoms with Crippen LogP contribution in [0.25, 0.3) is 57.0 Å². The first kappa shape index (κ1) is 26.8. The molecule has 0 radical (unpaired) electrons. The molecule has 0 amide bonds. The van der Waals surface area contributed by atoms with Crippen molar-refractivity contribution in [3.63, 3.8) is 0 Å². The molecule has 2 aliphatic carbocycles. The van der Waals surface area contributed by atoms with Crippen molar-refractivity contribution in [1.82, 2.24) is 9.13 Å². The van der Waals surface area contributed by atoms with Crippen LogP contribution in [0.5, 0.6) is 0 Å². The number of benzene rings is 3. The maximum absolute atomic E-state index is 4.26. The van der Waals surface area contributed by atoms with E-state index in [2.05, 4.69) is 163 Å². The molecule has 0 fully saturated rings. The van der Waals surface area contributed by atoms with E-state index in [1.807, 2.05) is 6.08 Å². The minimum Gasteiger partial charge on any atom is -0.313 e. The summed E-state index contributed by atoms with van der Waals surface area (Å²) in [6.45, 7) is 8.60. The Bertz CT molecular complexity index is 2010. The number of aromatic nitrogens is 2. The van der Waals surface area contributed by atoms with Gasteiger partial charge < -0.3 is 9.13 Å². The van der Waals surface area contributed by atoms with Gasteiger partial charge in [-0.15, -0.1) is 0 Å². The lowest BCUT2D eigenvalue weighted by Crippen LogP contribution is -2.04. The van der Waals surface area contributed by atoms with Gasteiger partial charge in [-0.2, -0.15) is 0 Å². The third-order valence-corrected chi connectivity index (χ3v) is 8.54. The van der Waals surface area contributed by atoms with Crippen LogP contribution in [0.15, 0.2) is 128 Å². The summed E-state index contributed by atoms with van der Waals surface area (Å²) in [4.78, 5) is 0. The molecular weight excluding hydrogens is 520 g/mol. The molecule has 0 bridgehead atoms. The summed E-state index contributed by atoms with van der Waals surface area (Å²) >= 11 is 0. The smallest absolute Gasteiger partial charge is 0.0541 e. The van der Waals surface area contributed by atoms with Crippen molar-refractivity contribution in [3.05, 3.63) is 156 Å². The molecule has 2 aromatic heterocycles. The zero-order valence-corrected chi connectivity index (χ0v) is 24.9. The third-order valence-electron chi connectivity index (χ3n) is 8.54. The quantitative estimate of drug-likeness (QED) is 0.191. The van der Waals surface area contributed by atoms with Crippen molar-refractivity contribution >= 4 is 51.3 Å². The van der Waals surface area contributed by atoms with Gasteiger partial charge in [0.15, 0.2) is 0 Å². The zero-order valence-electron chi connectivity index (χ0n) is 24.9. The Kier molecular flexibility index (Phi) is 7.04. The van der Waals surface area contributed by atoms with Crippen molar-refractivity contribution in [2.75, 3.05) is 0 Å². The number of allylic oxidation sites excluding steroid dienone is 10. The minimum atomic E-state index is 0.292. The molecule has 1 unspecified atom stereocenters. The lowest BCUT2D eigenvalue weighted by Gasteiger charge is -2.15. The predicted molar refractivity (Wildman–Crippen MR) is 187 cm³/mol. The minimum absolute atomic E-state index is 0.292. The highest BCUT2D eigenvalue weighted by Gasteiger charge is 2.21. The zero-order chi connectivity index (χ0) is 29.3. The fraction of sp³-hybridized carbons (Fsp3) is 0.122. The van der Waals surface area contributed by atoms with Gasteiger partial charge in [-0.25, -0.2) is 0 Å². The molecule has 2 heteroatoms. The van der Waals surface area contributed by atoms with Crippen molar-refractivity contribution in [2.45, 2.75) is 26.7 Å². The molecular formula is C41H36N2. The Morgan fingerprint density at radius 3 is 2.35 bits per heavy atom. The highest BCUT2D eigenvalue weighted by atomic mass is 15.0. The average Bonchev–Trinajstić information content (AvgIpc) is 3.41. The second kappa shape index (κ2) is 11.3. The van der Waals surface area contributed by atoms with Crippen molar-refractivity contribution in [1.29, 1.82) is 0 Å². The summed E-state index contributed by atoms with van der Waals surface area (Å²) < 4.78 is 4.81. The van der Waals surface area contributed by atoms with Crippen molar-refractivity contribution in [3.8, 4) is 5.69 Å². The van der Waals surface area contributed by atoms with Gasteiger partial charge in [0.1, 0.15) is 0 Å². The second-order valence-corrected chi connectivity index (χ2v) is 11.3. The van der Waals surface area contributed by atoms with Gasteiger partial charge in [-0.05, 0) is 72.9 Å². The van der Waals surface area contributed by atoms with E-state index in [9.17, 15) is 0 Å². The van der Waals surface area contributed by atoms with E-state index in [0.717, 1.165) is 24.2 Å². The molecule has 2 nitrogen and oxygen atoms in total. The molecule has 43 heavy (non-hydrogen) atoms. The standard InChI is InChI=1S/C41H36N2/c1-4-15-34-35-18-8-6-7-9-21-39(35)42(38(34)5-2)33-25-24-29(3)26-31(28-33)30-16-14-17-32(27-30)43-40-22-12-10-19-36(40)37-20-11-13-23-41(37)43/h4-5,7-20,22-29H,2,6,21H2,1,3H3/b9-7-,15-4-,18-8+. The molecule has 0 aliphatic heterocycles. The Morgan fingerprint density at radius 2 is 1.60 bits per heavy atom. The van der Waals surface area contributed by atoms with Crippen LogP contribution in [0.3, 0.4) is 0 Å². The molecule has 3 aromatic carbocycles. The monoisotopic (exact) mass is 556 g/mol. The number of hydrogen-bond acceptors (Lipinski definition) is 0. The highest BCUT2D eigenvalue weighted by Crippen LogP contribution is 2.36. The molecule has 2 heterocycles. The van der Waals surface area contributed by atoms with Crippen LogP contribution in [-0.4, -0.2) is 9.13 Å². The normalized spacial score (nSPS) is 18.1. The number of nitrogens with zero attached hydrogens (tertiary/aromatic N) is 2. The van der Waals surface area contributed by atoms with Crippen LogP contribution in [0, 0.1) is 5.92 Å². The lowest BCUT2D eigenvalue weighted by atomic mass is 10.0. The van der Waals surface area contributed by atoms with E-state index in [1.54, 1.807) is 0 Å². The summed E-state index contributed by atoms with van der Waals surface area (Å²) in [5.74, 6) is 0.292. The van der Waals surface area contributed by atoms with E-state index in [0.29, 0.717) is 5.92 Å². The number of hydrogen-bond donors (Lipinski definition) is 0. The summed E-state index contributed by atoms with van der Waals surface area (Å²) in [7, 11) is 0. The van der Waals surface area contributed by atoms with E-state index in [4.69, 9.17) is 0 Å². The summed E-state index contributed by atoms with van der Waals surface area (Å²) in [5, 5.41) is 2.55. The predicted octanol–water partition coefficient (Wildman–Crippen LogP) is 10.9. The van der Waals surface area contributed by atoms with Crippen LogP contribution >= 0.6 is 0 Å². The number of para-hydroxylation sites is 2. The third kappa shape index (κ3) is 4.70. The van der Waals surface area contributed by atoms with Crippen LogP contribution in [-0.2, 0) is 6.42 Å². The molecule has 1 atom stereocenters. The molecule has 7 rings (SSSR count). The fourth-order valence-electron chi connectivity index (χ4n) is 6.65. The van der Waals surface area contributed by atoms with Crippen molar-refractivity contribution < 1.29 is 0 Å². The van der Waals surface area contributed by atoms with E-state index < -0.39 is 0 Å². The maximum atomic E-state index is 4.26. The Balaban J connectivity index is 1.41. The molecule has 0 saturated heterocycles. The van der Waals surface area contributed by atoms with Gasteiger partial charge in [0.25, 0.3) is 0 Å². The van der Waals surface area contributed by atoms with Crippen LogP contribution < -0.4 is 0 Å². The van der Waals surface area contributed by atoms with Crippen molar-refractivity contribution in [2.24, 2.45) is 5.92 Å². The number of fused-ring (bicyclic) bond motifs is 4. The van der Waals surface area contributed by atoms with E-state index in [1.165, 1.54) is 55.5 Å². The Hall–Kier alpha value is -5.08. The first-order valence-corrected chi connectivity index (χ1v) is 15.2. The molecule has 0 saturated carbocycles. The van der Waals surface area contributed by atoms with Crippen LogP contribution in [0.2, 0.25) is 0 Å². The first-order valence-electron chi connectivity index (χ1n) is 15.2. The Labute approximate surface area is 254 Å². The van der Waals surface area contributed by atoms with Gasteiger partial charge in [-0.1, -0.05) is 111 Å². The largest absolute Gasteiger partial charge is 0.313 e. The van der Waals surface area contributed by atoms with E-state index in [-0.39, 0.29) is 0 Å². The summed E-state index contributed by atoms with van der Waals surface area (Å²) in [6.07, 6.45) is 26.6. The molecule has 5 aromatic rings. The maximum Gasteiger partial charge on any atom is 0.0541 e. The van der Waals surface area contributed by atoms with Gasteiger partial charge in [0.05, 0.1) is 16.7 Å². The SMILES string of the molecule is C=Cc1c(/C=C\C)c2c(n1C1=CC(c3cccc(-n4c5ccccc5c5ccccc54)c3)=CC(C)C=C1)C/C=C\C/C=C/2. The molecule has 0 spiro atoms. The van der Waals surface area contributed by atoms with E-state index >= 15 is 0 Å². The summed E-state index contributed by atoms with van der Waals surface area (Å²) in [6, 6.07) is 26.4. The molecule has 2 aliphatic rings. The number of rotatable bonds is 5. The summed E-state index contributed by atoms with van der Waals surface area (Å²) in [5.41, 5.74) is 12.1. The van der Waals surface area contributed by atoms with Crippen LogP contribution in [0.1, 0.15) is 48.3 Å². The van der Waals surface area contributed by atoms with Gasteiger partial charge >= 0.3 is 0 Å². The van der Waals surface area contributed by atoms with Gasteiger partial charge in [0.2, 0.25) is 0 Å². The fourth-order valence-corrected chi connectivity index (χ4v) is 6.65. The second-order valence-electron chi connectivity index (χ2n) is 11.3. The van der Waals surface area contributed by atoms with Gasteiger partial charge in [0, 0.05) is 45.4 Å². The topological polar surface area (TPSA) is 9.86 Å². The van der Waals surface area contributed by atoms with Gasteiger partial charge in [-0.3, -0.25) is 0 Å². The molecule has 0 N–H and O–H groups in total. The Morgan fingerprint density at radius 1 is 0.837 bits per heavy atom.